The molecule has 0 aliphatic carbocycles. The predicted octanol–water partition coefficient (Wildman–Crippen LogP) is 2.65. The van der Waals surface area contributed by atoms with Crippen LogP contribution >= 0.6 is 22.9 Å². The zero-order valence-corrected chi connectivity index (χ0v) is 10.1. The van der Waals surface area contributed by atoms with Crippen LogP contribution in [0.25, 0.3) is 0 Å². The van der Waals surface area contributed by atoms with Crippen molar-refractivity contribution >= 4 is 29.0 Å². The Balaban J connectivity index is 2.26. The fraction of sp³-hybridized carbons (Fsp3) is 0.300. The molecule has 0 aliphatic rings. The van der Waals surface area contributed by atoms with E-state index in [-0.39, 0.29) is 6.09 Å². The number of benzene rings is 1. The first-order valence-electron chi connectivity index (χ1n) is 4.30. The third-order valence-electron chi connectivity index (χ3n) is 1.71. The van der Waals surface area contributed by atoms with Gasteiger partial charge in [-0.3, -0.25) is 3.11 Å². The topological polar surface area (TPSA) is 29.5 Å². The average Bonchev–Trinajstić information content (AvgIpc) is 2.19. The molecule has 1 aromatic rings. The Hall–Kier alpha value is -0.780. The molecule has 4 heteroatoms. The summed E-state index contributed by atoms with van der Waals surface area (Å²) >= 11 is 1.88. The average molecular weight is 305 g/mol. The van der Waals surface area contributed by atoms with Gasteiger partial charge in [0.15, 0.2) is 0 Å². The van der Waals surface area contributed by atoms with Crippen LogP contribution < -0.4 is 0 Å². The number of carbonyl (C=O) groups is 1. The summed E-state index contributed by atoms with van der Waals surface area (Å²) in [5.41, 5.74) is 1.18. The second-order valence-electron chi connectivity index (χ2n) is 2.83. The summed E-state index contributed by atoms with van der Waals surface area (Å²) in [6, 6.07) is 9.94. The van der Waals surface area contributed by atoms with Gasteiger partial charge in [-0.15, -0.1) is 0 Å². The maximum atomic E-state index is 11.0. The SMILES string of the molecule is CN(I)C(=O)OCCc1ccccc1. The van der Waals surface area contributed by atoms with E-state index in [2.05, 4.69) is 0 Å². The van der Waals surface area contributed by atoms with E-state index in [1.807, 2.05) is 53.2 Å². The molecule has 0 fully saturated rings. The van der Waals surface area contributed by atoms with E-state index in [4.69, 9.17) is 4.74 Å². The van der Waals surface area contributed by atoms with Crippen LogP contribution in [0.5, 0.6) is 0 Å². The maximum Gasteiger partial charge on any atom is 0.418 e. The monoisotopic (exact) mass is 305 g/mol. The van der Waals surface area contributed by atoms with Gasteiger partial charge < -0.3 is 4.74 Å². The van der Waals surface area contributed by atoms with Gasteiger partial charge in [0.1, 0.15) is 0 Å². The van der Waals surface area contributed by atoms with Crippen LogP contribution in [-0.4, -0.2) is 22.9 Å². The fourth-order valence-electron chi connectivity index (χ4n) is 0.990. The summed E-state index contributed by atoms with van der Waals surface area (Å²) in [4.78, 5) is 11.0. The molecule has 0 heterocycles. The molecule has 0 saturated carbocycles. The van der Waals surface area contributed by atoms with Gasteiger partial charge in [0.05, 0.1) is 29.5 Å². The number of amides is 1. The van der Waals surface area contributed by atoms with E-state index < -0.39 is 0 Å². The molecule has 0 aromatic heterocycles. The van der Waals surface area contributed by atoms with Crippen LogP contribution in [0.4, 0.5) is 4.79 Å². The van der Waals surface area contributed by atoms with Crippen molar-refractivity contribution in [3.05, 3.63) is 35.9 Å². The Morgan fingerprint density at radius 2 is 2.07 bits per heavy atom. The highest BCUT2D eigenvalue weighted by atomic mass is 127. The van der Waals surface area contributed by atoms with Gasteiger partial charge in [0, 0.05) is 13.5 Å². The lowest BCUT2D eigenvalue weighted by Crippen LogP contribution is -2.18. The highest BCUT2D eigenvalue weighted by molar-refractivity contribution is 14.1. The molecule has 0 bridgehead atoms. The number of nitrogens with zero attached hydrogens (tertiary/aromatic N) is 1. The summed E-state index contributed by atoms with van der Waals surface area (Å²) in [5, 5.41) is 0. The van der Waals surface area contributed by atoms with Crippen LogP contribution in [0.3, 0.4) is 0 Å². The summed E-state index contributed by atoms with van der Waals surface area (Å²) in [5.74, 6) is 0. The summed E-state index contributed by atoms with van der Waals surface area (Å²) in [6.07, 6.45) is 0.457. The second-order valence-corrected chi connectivity index (χ2v) is 4.27. The minimum atomic E-state index is -0.304. The van der Waals surface area contributed by atoms with Gasteiger partial charge >= 0.3 is 6.09 Å². The number of ether oxygens (including phenoxy) is 1. The molecule has 1 aromatic carbocycles. The van der Waals surface area contributed by atoms with Crippen molar-refractivity contribution in [2.24, 2.45) is 0 Å². The molecule has 0 saturated heterocycles. The lowest BCUT2D eigenvalue weighted by atomic mass is 10.2. The highest BCUT2D eigenvalue weighted by Gasteiger charge is 2.04. The largest absolute Gasteiger partial charge is 0.449 e. The fourth-order valence-corrected chi connectivity index (χ4v) is 1.13. The molecular formula is C10H12INO2. The van der Waals surface area contributed by atoms with Crippen molar-refractivity contribution in [3.8, 4) is 0 Å². The second kappa shape index (κ2) is 5.85. The first-order chi connectivity index (χ1) is 6.70. The Kier molecular flexibility index (Phi) is 4.72. The minimum Gasteiger partial charge on any atom is -0.449 e. The smallest absolute Gasteiger partial charge is 0.418 e. The summed E-state index contributed by atoms with van der Waals surface area (Å²) in [6.45, 7) is 0.427. The minimum absolute atomic E-state index is 0.304. The molecule has 0 N–H and O–H groups in total. The number of rotatable bonds is 3. The maximum absolute atomic E-state index is 11.0. The molecule has 1 amide bonds. The molecule has 3 nitrogen and oxygen atoms in total. The van der Waals surface area contributed by atoms with Gasteiger partial charge in [-0.25, -0.2) is 4.79 Å². The first-order valence-corrected chi connectivity index (χ1v) is 5.27. The van der Waals surface area contributed by atoms with Crippen LogP contribution in [0.15, 0.2) is 30.3 Å². The zero-order valence-electron chi connectivity index (χ0n) is 7.94. The third kappa shape index (κ3) is 3.95. The van der Waals surface area contributed by atoms with E-state index in [0.29, 0.717) is 6.61 Å². The van der Waals surface area contributed by atoms with Crippen molar-refractivity contribution in [1.82, 2.24) is 3.11 Å². The number of hydrogen-bond acceptors (Lipinski definition) is 2. The first kappa shape index (κ1) is 11.3. The lowest BCUT2D eigenvalue weighted by Gasteiger charge is -2.08. The van der Waals surface area contributed by atoms with Crippen molar-refractivity contribution in [2.45, 2.75) is 6.42 Å². The van der Waals surface area contributed by atoms with Gasteiger partial charge in [0.2, 0.25) is 0 Å². The van der Waals surface area contributed by atoms with Crippen molar-refractivity contribution in [1.29, 1.82) is 0 Å². The summed E-state index contributed by atoms with van der Waals surface area (Å²) < 4.78 is 6.38. The summed E-state index contributed by atoms with van der Waals surface area (Å²) in [7, 11) is 1.66. The van der Waals surface area contributed by atoms with E-state index in [9.17, 15) is 4.79 Å². The van der Waals surface area contributed by atoms with Gasteiger partial charge in [0.25, 0.3) is 0 Å². The standard InChI is InChI=1S/C10H12INO2/c1-12(11)10(13)14-8-7-9-5-3-2-4-6-9/h2-6H,7-8H2,1H3. The normalized spacial score (nSPS) is 9.57. The molecular weight excluding hydrogens is 293 g/mol. The molecule has 76 valence electrons. The van der Waals surface area contributed by atoms with Crippen LogP contribution in [-0.2, 0) is 11.2 Å². The van der Waals surface area contributed by atoms with Crippen molar-refractivity contribution in [2.75, 3.05) is 13.7 Å². The van der Waals surface area contributed by atoms with Crippen LogP contribution in [0, 0.1) is 0 Å². The van der Waals surface area contributed by atoms with E-state index in [0.717, 1.165) is 6.42 Å². The van der Waals surface area contributed by atoms with E-state index >= 15 is 0 Å². The van der Waals surface area contributed by atoms with E-state index in [1.165, 1.54) is 8.68 Å². The molecule has 0 atom stereocenters. The van der Waals surface area contributed by atoms with Crippen LogP contribution in [0.2, 0.25) is 0 Å². The molecule has 0 spiro atoms. The molecule has 1 rings (SSSR count). The zero-order chi connectivity index (χ0) is 10.4. The van der Waals surface area contributed by atoms with E-state index in [1.54, 1.807) is 7.05 Å². The molecule has 0 unspecified atom stereocenters. The van der Waals surface area contributed by atoms with Crippen molar-refractivity contribution < 1.29 is 9.53 Å². The Labute approximate surface area is 97.5 Å². The van der Waals surface area contributed by atoms with Crippen LogP contribution in [0.1, 0.15) is 5.56 Å². The number of hydrogen-bond donors (Lipinski definition) is 0. The van der Waals surface area contributed by atoms with Gasteiger partial charge in [-0.05, 0) is 5.56 Å². The molecule has 14 heavy (non-hydrogen) atoms. The van der Waals surface area contributed by atoms with Gasteiger partial charge in [-0.2, -0.15) is 0 Å². The number of halogens is 1. The molecule has 0 radical (unpaired) electrons. The molecule has 0 aliphatic heterocycles. The Morgan fingerprint density at radius 3 is 2.64 bits per heavy atom. The quantitative estimate of drug-likeness (QED) is 0.635. The Morgan fingerprint density at radius 1 is 1.43 bits per heavy atom. The predicted molar refractivity (Wildman–Crippen MR) is 63.3 cm³/mol. The third-order valence-corrected chi connectivity index (χ3v) is 2.10. The Bertz CT molecular complexity index is 287. The lowest BCUT2D eigenvalue weighted by molar-refractivity contribution is 0.137. The van der Waals surface area contributed by atoms with Gasteiger partial charge in [-0.1, -0.05) is 30.3 Å². The highest BCUT2D eigenvalue weighted by Crippen LogP contribution is 2.02. The number of carbonyl (C=O) groups excluding carboxylic acids is 1. The van der Waals surface area contributed by atoms with Crippen molar-refractivity contribution in [3.63, 3.8) is 0 Å².